The standard InChI is InChI=1S/C4H6BrN3S/c1-6-4-8(2)7-3(5)9-4/h1-2H3. The summed E-state index contributed by atoms with van der Waals surface area (Å²) in [6.07, 6.45) is 0. The Morgan fingerprint density at radius 2 is 2.44 bits per heavy atom. The van der Waals surface area contributed by atoms with E-state index < -0.39 is 0 Å². The van der Waals surface area contributed by atoms with Gasteiger partial charge in [0.1, 0.15) is 0 Å². The monoisotopic (exact) mass is 207 g/mol. The normalized spacial score (nSPS) is 12.6. The summed E-state index contributed by atoms with van der Waals surface area (Å²) in [5.74, 6) is 0. The first-order valence-electron chi connectivity index (χ1n) is 2.36. The molecule has 0 unspecified atom stereocenters. The molecule has 1 aromatic rings. The minimum atomic E-state index is 0.866. The van der Waals surface area contributed by atoms with E-state index in [0.717, 1.165) is 8.72 Å². The topological polar surface area (TPSA) is 30.2 Å². The largest absolute Gasteiger partial charge is 0.261 e. The second-order valence-corrected chi connectivity index (χ2v) is 3.72. The fraction of sp³-hybridized carbons (Fsp3) is 0.500. The van der Waals surface area contributed by atoms with Gasteiger partial charge in [0.15, 0.2) is 3.92 Å². The summed E-state index contributed by atoms with van der Waals surface area (Å²) in [7, 11) is 3.61. The Hall–Kier alpha value is -0.160. The minimum Gasteiger partial charge on any atom is -0.261 e. The Bertz CT molecular complexity index is 261. The highest BCUT2D eigenvalue weighted by Crippen LogP contribution is 2.05. The average Bonchev–Trinajstić information content (AvgIpc) is 2.10. The summed E-state index contributed by atoms with van der Waals surface area (Å²) < 4.78 is 2.60. The van der Waals surface area contributed by atoms with Gasteiger partial charge in [-0.05, 0) is 15.9 Å². The van der Waals surface area contributed by atoms with E-state index in [-0.39, 0.29) is 0 Å². The van der Waals surface area contributed by atoms with E-state index in [2.05, 4.69) is 26.0 Å². The van der Waals surface area contributed by atoms with Crippen molar-refractivity contribution in [3.63, 3.8) is 0 Å². The lowest BCUT2D eigenvalue weighted by Crippen LogP contribution is -2.10. The number of aromatic nitrogens is 2. The second kappa shape index (κ2) is 2.62. The first-order valence-corrected chi connectivity index (χ1v) is 3.97. The number of aryl methyl sites for hydroxylation is 1. The zero-order valence-corrected chi connectivity index (χ0v) is 7.53. The summed E-state index contributed by atoms with van der Waals surface area (Å²) in [5.41, 5.74) is 0. The molecule has 0 bridgehead atoms. The average molecular weight is 208 g/mol. The lowest BCUT2D eigenvalue weighted by molar-refractivity contribution is 0.720. The molecule has 1 rings (SSSR count). The van der Waals surface area contributed by atoms with Crippen molar-refractivity contribution in [3.05, 3.63) is 8.72 Å². The Morgan fingerprint density at radius 1 is 1.78 bits per heavy atom. The molecule has 0 saturated carbocycles. The molecule has 3 nitrogen and oxygen atoms in total. The van der Waals surface area contributed by atoms with Gasteiger partial charge in [0.25, 0.3) is 0 Å². The Kier molecular flexibility index (Phi) is 2.02. The highest BCUT2D eigenvalue weighted by molar-refractivity contribution is 9.11. The Balaban J connectivity index is 3.33. The van der Waals surface area contributed by atoms with E-state index in [1.807, 2.05) is 7.05 Å². The quantitative estimate of drug-likeness (QED) is 0.619. The van der Waals surface area contributed by atoms with E-state index in [4.69, 9.17) is 0 Å². The fourth-order valence-electron chi connectivity index (χ4n) is 0.513. The van der Waals surface area contributed by atoms with Crippen LogP contribution in [0.15, 0.2) is 8.91 Å². The molecule has 1 heterocycles. The van der Waals surface area contributed by atoms with Crippen molar-refractivity contribution in [1.82, 2.24) is 9.78 Å². The van der Waals surface area contributed by atoms with Crippen molar-refractivity contribution in [2.24, 2.45) is 12.0 Å². The van der Waals surface area contributed by atoms with Gasteiger partial charge in [0.05, 0.1) is 0 Å². The van der Waals surface area contributed by atoms with Crippen molar-refractivity contribution >= 4 is 27.3 Å². The second-order valence-electron chi connectivity index (χ2n) is 1.48. The van der Waals surface area contributed by atoms with Crippen LogP contribution in [0.4, 0.5) is 0 Å². The number of rotatable bonds is 0. The lowest BCUT2D eigenvalue weighted by Gasteiger charge is -1.81. The number of halogens is 1. The highest BCUT2D eigenvalue weighted by atomic mass is 79.9. The van der Waals surface area contributed by atoms with Crippen LogP contribution in [-0.4, -0.2) is 16.8 Å². The van der Waals surface area contributed by atoms with Gasteiger partial charge in [-0.25, -0.2) is 4.68 Å². The SMILES string of the molecule is CN=c1sc(Br)nn1C. The molecule has 5 heteroatoms. The van der Waals surface area contributed by atoms with E-state index >= 15 is 0 Å². The molecule has 9 heavy (non-hydrogen) atoms. The van der Waals surface area contributed by atoms with Crippen LogP contribution in [-0.2, 0) is 7.05 Å². The molecule has 50 valence electrons. The molecular formula is C4H6BrN3S. The smallest absolute Gasteiger partial charge is 0.203 e. The van der Waals surface area contributed by atoms with Gasteiger partial charge in [-0.15, -0.1) is 0 Å². The van der Waals surface area contributed by atoms with Crippen LogP contribution in [0.2, 0.25) is 0 Å². The van der Waals surface area contributed by atoms with Crippen LogP contribution >= 0.6 is 27.3 Å². The van der Waals surface area contributed by atoms with Gasteiger partial charge < -0.3 is 0 Å². The summed E-state index contributed by atoms with van der Waals surface area (Å²) in [4.78, 5) is 4.90. The summed E-state index contributed by atoms with van der Waals surface area (Å²) in [6, 6.07) is 0. The van der Waals surface area contributed by atoms with Crippen molar-refractivity contribution in [1.29, 1.82) is 0 Å². The molecule has 0 radical (unpaired) electrons. The van der Waals surface area contributed by atoms with E-state index in [9.17, 15) is 0 Å². The van der Waals surface area contributed by atoms with Crippen LogP contribution in [0, 0.1) is 0 Å². The van der Waals surface area contributed by atoms with Crippen molar-refractivity contribution in [3.8, 4) is 0 Å². The number of hydrogen-bond donors (Lipinski definition) is 0. The van der Waals surface area contributed by atoms with Crippen LogP contribution in [0.5, 0.6) is 0 Å². The third kappa shape index (κ3) is 1.40. The summed E-state index contributed by atoms with van der Waals surface area (Å²) in [5, 5.41) is 4.04. The first-order chi connectivity index (χ1) is 4.24. The van der Waals surface area contributed by atoms with Crippen molar-refractivity contribution in [2.45, 2.75) is 0 Å². The van der Waals surface area contributed by atoms with Crippen LogP contribution in [0.3, 0.4) is 0 Å². The zero-order chi connectivity index (χ0) is 6.85. The number of nitrogens with zero attached hydrogens (tertiary/aromatic N) is 3. The molecule has 0 atom stereocenters. The molecule has 0 N–H and O–H groups in total. The van der Waals surface area contributed by atoms with Gasteiger partial charge in [-0.2, -0.15) is 5.10 Å². The maximum Gasteiger partial charge on any atom is 0.203 e. The van der Waals surface area contributed by atoms with E-state index in [1.54, 1.807) is 11.7 Å². The zero-order valence-electron chi connectivity index (χ0n) is 5.13. The predicted octanol–water partition coefficient (Wildman–Crippen LogP) is 0.775. The Labute approximate surface area is 65.2 Å². The first kappa shape index (κ1) is 6.95. The molecule has 0 amide bonds. The van der Waals surface area contributed by atoms with Gasteiger partial charge in [0.2, 0.25) is 4.80 Å². The molecule has 0 aliphatic carbocycles. The van der Waals surface area contributed by atoms with Crippen LogP contribution in [0.1, 0.15) is 0 Å². The molecule has 0 aliphatic heterocycles. The van der Waals surface area contributed by atoms with Gasteiger partial charge in [-0.3, -0.25) is 4.99 Å². The Morgan fingerprint density at radius 3 is 2.67 bits per heavy atom. The van der Waals surface area contributed by atoms with Gasteiger partial charge >= 0.3 is 0 Å². The number of hydrogen-bond acceptors (Lipinski definition) is 3. The van der Waals surface area contributed by atoms with Crippen LogP contribution in [0.25, 0.3) is 0 Å². The maximum atomic E-state index is 4.04. The predicted molar refractivity (Wildman–Crippen MR) is 40.3 cm³/mol. The molecule has 0 aliphatic rings. The summed E-state index contributed by atoms with van der Waals surface area (Å²) in [6.45, 7) is 0. The molecule has 0 fully saturated rings. The molecule has 0 saturated heterocycles. The van der Waals surface area contributed by atoms with Gasteiger partial charge in [0, 0.05) is 14.1 Å². The van der Waals surface area contributed by atoms with Crippen LogP contribution < -0.4 is 4.80 Å². The van der Waals surface area contributed by atoms with Crippen molar-refractivity contribution < 1.29 is 0 Å². The fourth-order valence-corrected chi connectivity index (χ4v) is 1.76. The molecular weight excluding hydrogens is 202 g/mol. The maximum absolute atomic E-state index is 4.04. The van der Waals surface area contributed by atoms with Gasteiger partial charge in [-0.1, -0.05) is 11.3 Å². The third-order valence-corrected chi connectivity index (χ3v) is 2.40. The van der Waals surface area contributed by atoms with E-state index in [0.29, 0.717) is 0 Å². The lowest BCUT2D eigenvalue weighted by atomic mass is 11.2. The summed E-state index contributed by atoms with van der Waals surface area (Å²) >= 11 is 4.77. The highest BCUT2D eigenvalue weighted by Gasteiger charge is 1.93. The van der Waals surface area contributed by atoms with E-state index in [1.165, 1.54) is 11.3 Å². The molecule has 0 aromatic carbocycles. The van der Waals surface area contributed by atoms with Crippen molar-refractivity contribution in [2.75, 3.05) is 7.05 Å². The minimum absolute atomic E-state index is 0.866. The molecule has 0 spiro atoms. The third-order valence-electron chi connectivity index (χ3n) is 0.872. The molecule has 1 aromatic heterocycles.